The minimum absolute atomic E-state index is 0.148. The van der Waals surface area contributed by atoms with Gasteiger partial charge in [-0.3, -0.25) is 4.79 Å². The second-order valence-corrected chi connectivity index (χ2v) is 5.01. The summed E-state index contributed by atoms with van der Waals surface area (Å²) in [4.78, 5) is 24.3. The molecule has 0 saturated heterocycles. The molecule has 1 unspecified atom stereocenters. The van der Waals surface area contributed by atoms with Crippen molar-refractivity contribution in [3.05, 3.63) is 11.9 Å². The molecule has 0 aromatic carbocycles. The Labute approximate surface area is 124 Å². The molecular weight excluding hydrogens is 274 g/mol. The quantitative estimate of drug-likeness (QED) is 0.743. The average molecular weight is 297 g/mol. The third-order valence-electron chi connectivity index (χ3n) is 3.20. The largest absolute Gasteiger partial charge is 0.480 e. The summed E-state index contributed by atoms with van der Waals surface area (Å²) in [6, 6.07) is -0.148. The number of aliphatic carboxylic acids is 1. The lowest BCUT2D eigenvalue weighted by molar-refractivity contribution is -0.137. The van der Waals surface area contributed by atoms with Crippen LogP contribution in [0.15, 0.2) is 6.20 Å². The number of hydrogen-bond donors (Lipinski definition) is 2. The van der Waals surface area contributed by atoms with Crippen LogP contribution in [0.1, 0.15) is 32.9 Å². The molecule has 0 bridgehead atoms. The number of urea groups is 1. The Morgan fingerprint density at radius 2 is 2.19 bits per heavy atom. The summed E-state index contributed by atoms with van der Waals surface area (Å²) >= 11 is 0. The van der Waals surface area contributed by atoms with Gasteiger partial charge in [0.15, 0.2) is 0 Å². The van der Waals surface area contributed by atoms with E-state index in [1.54, 1.807) is 4.90 Å². The van der Waals surface area contributed by atoms with Gasteiger partial charge < -0.3 is 15.3 Å². The second-order valence-electron chi connectivity index (χ2n) is 5.01. The first-order valence-electron chi connectivity index (χ1n) is 7.09. The van der Waals surface area contributed by atoms with Crippen molar-refractivity contribution in [3.8, 4) is 0 Å². The Morgan fingerprint density at radius 1 is 1.48 bits per heavy atom. The van der Waals surface area contributed by atoms with Gasteiger partial charge >= 0.3 is 12.0 Å². The molecule has 0 saturated carbocycles. The van der Waals surface area contributed by atoms with Crippen molar-refractivity contribution < 1.29 is 14.7 Å². The topological polar surface area (TPSA) is 100 Å². The highest BCUT2D eigenvalue weighted by Crippen LogP contribution is 2.04. The third-order valence-corrected chi connectivity index (χ3v) is 3.20. The molecule has 0 aliphatic carbocycles. The van der Waals surface area contributed by atoms with Crippen molar-refractivity contribution in [2.24, 2.45) is 5.92 Å². The van der Waals surface area contributed by atoms with Gasteiger partial charge in [0.05, 0.1) is 12.7 Å². The predicted octanol–water partition coefficient (Wildman–Crippen LogP) is 0.940. The number of carboxylic acid groups (broad SMARTS) is 1. The zero-order valence-electron chi connectivity index (χ0n) is 12.7. The van der Waals surface area contributed by atoms with Gasteiger partial charge in [-0.25, -0.2) is 9.48 Å². The van der Waals surface area contributed by atoms with E-state index in [0.717, 1.165) is 6.42 Å². The third kappa shape index (κ3) is 5.80. The Hall–Kier alpha value is -2.12. The summed E-state index contributed by atoms with van der Waals surface area (Å²) in [6.45, 7) is 7.48. The molecule has 1 atom stereocenters. The Balaban J connectivity index is 2.47. The van der Waals surface area contributed by atoms with E-state index in [0.29, 0.717) is 24.7 Å². The van der Waals surface area contributed by atoms with Crippen LogP contribution in [-0.4, -0.2) is 50.1 Å². The van der Waals surface area contributed by atoms with Crippen molar-refractivity contribution in [2.45, 2.75) is 40.3 Å². The Morgan fingerprint density at radius 3 is 2.76 bits per heavy atom. The molecule has 0 spiro atoms. The normalized spacial score (nSPS) is 12.0. The summed E-state index contributed by atoms with van der Waals surface area (Å²) in [6.07, 6.45) is 2.53. The van der Waals surface area contributed by atoms with E-state index < -0.39 is 5.97 Å². The molecule has 1 rings (SSSR count). The molecule has 2 N–H and O–H groups in total. The van der Waals surface area contributed by atoms with Crippen LogP contribution in [0.3, 0.4) is 0 Å². The lowest BCUT2D eigenvalue weighted by Gasteiger charge is -2.24. The zero-order valence-corrected chi connectivity index (χ0v) is 12.7. The number of aromatic nitrogens is 3. The van der Waals surface area contributed by atoms with Gasteiger partial charge in [-0.1, -0.05) is 25.5 Å². The summed E-state index contributed by atoms with van der Waals surface area (Å²) < 4.78 is 1.22. The van der Waals surface area contributed by atoms with E-state index in [2.05, 4.69) is 29.5 Å². The van der Waals surface area contributed by atoms with E-state index in [-0.39, 0.29) is 19.1 Å². The number of carboxylic acids is 1. The van der Waals surface area contributed by atoms with Crippen LogP contribution >= 0.6 is 0 Å². The first-order valence-corrected chi connectivity index (χ1v) is 7.09. The number of nitrogens with zero attached hydrogens (tertiary/aromatic N) is 4. The molecular formula is C13H23N5O3. The maximum absolute atomic E-state index is 12.0. The van der Waals surface area contributed by atoms with Gasteiger partial charge in [0.2, 0.25) is 0 Å². The highest BCUT2D eigenvalue weighted by Gasteiger charge is 2.14. The van der Waals surface area contributed by atoms with E-state index in [1.807, 2.05) is 6.92 Å². The van der Waals surface area contributed by atoms with Crippen molar-refractivity contribution in [1.29, 1.82) is 0 Å². The van der Waals surface area contributed by atoms with Crippen molar-refractivity contribution in [2.75, 3.05) is 13.1 Å². The van der Waals surface area contributed by atoms with Crippen LogP contribution < -0.4 is 5.32 Å². The van der Waals surface area contributed by atoms with E-state index in [9.17, 15) is 9.59 Å². The number of nitrogens with one attached hydrogen (secondary N) is 1. The maximum atomic E-state index is 12.0. The number of carbonyl (C=O) groups is 2. The fourth-order valence-corrected chi connectivity index (χ4v) is 1.77. The smallest absolute Gasteiger partial charge is 0.325 e. The summed E-state index contributed by atoms with van der Waals surface area (Å²) in [5, 5.41) is 18.9. The molecule has 118 valence electrons. The van der Waals surface area contributed by atoms with Gasteiger partial charge in [0, 0.05) is 13.1 Å². The van der Waals surface area contributed by atoms with Crippen molar-refractivity contribution in [3.63, 3.8) is 0 Å². The molecule has 0 radical (unpaired) electrons. The van der Waals surface area contributed by atoms with Crippen molar-refractivity contribution in [1.82, 2.24) is 25.2 Å². The molecule has 0 fully saturated rings. The number of hydrogen-bond acceptors (Lipinski definition) is 4. The molecule has 8 nitrogen and oxygen atoms in total. The van der Waals surface area contributed by atoms with E-state index in [4.69, 9.17) is 5.11 Å². The summed E-state index contributed by atoms with van der Waals surface area (Å²) in [5.74, 6) is -0.534. The molecule has 0 aliphatic rings. The van der Waals surface area contributed by atoms with Crippen LogP contribution in [0.5, 0.6) is 0 Å². The van der Waals surface area contributed by atoms with Gasteiger partial charge in [0.1, 0.15) is 12.2 Å². The van der Waals surface area contributed by atoms with Crippen LogP contribution in [0, 0.1) is 5.92 Å². The fourth-order valence-electron chi connectivity index (χ4n) is 1.77. The fraction of sp³-hybridized carbons (Fsp3) is 0.692. The first kappa shape index (κ1) is 16.9. The lowest BCUT2D eigenvalue weighted by Crippen LogP contribution is -2.41. The zero-order chi connectivity index (χ0) is 15.8. The summed E-state index contributed by atoms with van der Waals surface area (Å²) in [5.41, 5.74) is 0.532. The molecule has 1 aromatic heterocycles. The maximum Gasteiger partial charge on any atom is 0.325 e. The highest BCUT2D eigenvalue weighted by atomic mass is 16.4. The minimum Gasteiger partial charge on any atom is -0.480 e. The highest BCUT2D eigenvalue weighted by molar-refractivity contribution is 5.74. The molecule has 21 heavy (non-hydrogen) atoms. The van der Waals surface area contributed by atoms with Gasteiger partial charge in [-0.05, 0) is 12.8 Å². The molecule has 0 aliphatic heterocycles. The Bertz CT molecular complexity index is 474. The number of rotatable bonds is 8. The molecule has 8 heteroatoms. The standard InChI is InChI=1S/C13H23N5O3/c1-4-10(3)7-17(5-2)13(21)14-6-11-8-18(16-15-11)9-12(19)20/h8,10H,4-7,9H2,1-3H3,(H,14,21)(H,19,20). The van der Waals surface area contributed by atoms with Crippen molar-refractivity contribution >= 4 is 12.0 Å². The van der Waals surface area contributed by atoms with Crippen LogP contribution in [0.4, 0.5) is 4.79 Å². The monoisotopic (exact) mass is 297 g/mol. The number of amides is 2. The van der Waals surface area contributed by atoms with Crippen LogP contribution in [0.25, 0.3) is 0 Å². The molecule has 1 aromatic rings. The Kier molecular flexibility index (Phi) is 6.64. The molecule has 2 amide bonds. The summed E-state index contributed by atoms with van der Waals surface area (Å²) in [7, 11) is 0. The second kappa shape index (κ2) is 8.23. The van der Waals surface area contributed by atoms with Gasteiger partial charge in [-0.2, -0.15) is 0 Å². The van der Waals surface area contributed by atoms with Gasteiger partial charge in [-0.15, -0.1) is 5.10 Å². The average Bonchev–Trinajstić information content (AvgIpc) is 2.88. The number of carbonyl (C=O) groups excluding carboxylic acids is 1. The lowest BCUT2D eigenvalue weighted by atomic mass is 10.1. The minimum atomic E-state index is -0.985. The van der Waals surface area contributed by atoms with E-state index >= 15 is 0 Å². The SMILES string of the molecule is CCC(C)CN(CC)C(=O)NCc1cn(CC(=O)O)nn1. The van der Waals surface area contributed by atoms with Crippen LogP contribution in [-0.2, 0) is 17.9 Å². The first-order chi connectivity index (χ1) is 9.96. The van der Waals surface area contributed by atoms with E-state index in [1.165, 1.54) is 10.9 Å². The molecule has 1 heterocycles. The van der Waals surface area contributed by atoms with Crippen LogP contribution in [0.2, 0.25) is 0 Å². The van der Waals surface area contributed by atoms with Gasteiger partial charge in [0.25, 0.3) is 0 Å². The predicted molar refractivity (Wildman–Crippen MR) is 76.6 cm³/mol.